The maximum Gasteiger partial charge on any atom is 1.00 e. The Labute approximate surface area is 174 Å². The molecule has 1 N–H and O–H groups in total. The summed E-state index contributed by atoms with van der Waals surface area (Å²) >= 11 is 1.45. The fraction of sp³-hybridized carbons (Fsp3) is 0.231. The van der Waals surface area contributed by atoms with E-state index in [0.29, 0.717) is 17.1 Å². The Morgan fingerprint density at radius 1 is 1.32 bits per heavy atom. The smallest absolute Gasteiger partial charge is 0.744 e. The molecule has 0 saturated carbocycles. The molecule has 1 aromatic carbocycles. The van der Waals surface area contributed by atoms with Crippen LogP contribution in [-0.2, 0) is 16.5 Å². The zero-order valence-corrected chi connectivity index (χ0v) is 16.4. The average molecular weight is 366 g/mol. The third kappa shape index (κ3) is 4.03. The van der Waals surface area contributed by atoms with Crippen LogP contribution in [0.25, 0.3) is 0 Å². The first-order chi connectivity index (χ1) is 9.93. The van der Waals surface area contributed by atoms with Crippen molar-refractivity contribution in [3.63, 3.8) is 0 Å². The van der Waals surface area contributed by atoms with Gasteiger partial charge in [0.05, 0.1) is 4.90 Å². The molecule has 2 heterocycles. The van der Waals surface area contributed by atoms with Crippen molar-refractivity contribution >= 4 is 21.5 Å². The predicted octanol–water partition coefficient (Wildman–Crippen LogP) is -1.26. The van der Waals surface area contributed by atoms with E-state index >= 15 is 0 Å². The Bertz CT molecular complexity index is 771. The normalized spacial score (nSPS) is 16.9. The van der Waals surface area contributed by atoms with E-state index < -0.39 is 10.1 Å². The van der Waals surface area contributed by atoms with Crippen molar-refractivity contribution in [2.75, 3.05) is 6.61 Å². The molecule has 112 valence electrons. The maximum atomic E-state index is 11.0. The summed E-state index contributed by atoms with van der Waals surface area (Å²) in [5.41, 5.74) is 0.333. The zero-order valence-electron chi connectivity index (χ0n) is 11.7. The minimum Gasteiger partial charge on any atom is -0.744 e. The van der Waals surface area contributed by atoms with Crippen LogP contribution < -0.4 is 60.9 Å². The second-order valence-corrected chi connectivity index (χ2v) is 6.72. The standard InChI is InChI=1S/C13H12O6S2.K/c14-11-2-1-10(21(15,16)17)4-8(11)3-9-5-18-12-6-20-7-13(12)19-9;/h1-2,4,6-7,9,14H,3,5H2,(H,15,16,17);/q;+1/p-1. The first kappa shape index (κ1) is 18.2. The number of thiophene rings is 1. The molecule has 0 saturated heterocycles. The first-order valence-corrected chi connectivity index (χ1v) is 8.42. The molecule has 1 unspecified atom stereocenters. The first-order valence-electron chi connectivity index (χ1n) is 6.07. The van der Waals surface area contributed by atoms with Crippen molar-refractivity contribution in [3.05, 3.63) is 34.5 Å². The van der Waals surface area contributed by atoms with E-state index in [0.717, 1.165) is 6.07 Å². The molecule has 3 rings (SSSR count). The number of benzene rings is 1. The van der Waals surface area contributed by atoms with Gasteiger partial charge in [-0.25, -0.2) is 8.42 Å². The molecule has 0 fully saturated rings. The van der Waals surface area contributed by atoms with E-state index in [9.17, 15) is 18.1 Å². The Morgan fingerprint density at radius 3 is 2.77 bits per heavy atom. The molecule has 0 bridgehead atoms. The molecule has 1 aromatic heterocycles. The molecular weight excluding hydrogens is 355 g/mol. The number of rotatable bonds is 3. The van der Waals surface area contributed by atoms with Crippen LogP contribution in [0.5, 0.6) is 17.2 Å². The van der Waals surface area contributed by atoms with Crippen LogP contribution in [0.2, 0.25) is 0 Å². The number of aromatic hydroxyl groups is 1. The van der Waals surface area contributed by atoms with E-state index in [4.69, 9.17) is 9.47 Å². The Balaban J connectivity index is 0.00000176. The van der Waals surface area contributed by atoms with Crippen molar-refractivity contribution in [1.82, 2.24) is 0 Å². The summed E-state index contributed by atoms with van der Waals surface area (Å²) in [6, 6.07) is 3.44. The van der Waals surface area contributed by atoms with Gasteiger partial charge in [-0.1, -0.05) is 0 Å². The monoisotopic (exact) mass is 366 g/mol. The maximum absolute atomic E-state index is 11.0. The molecule has 2 aromatic rings. The van der Waals surface area contributed by atoms with Gasteiger partial charge in [0.15, 0.2) is 11.5 Å². The summed E-state index contributed by atoms with van der Waals surface area (Å²) in [6.45, 7) is 0.289. The molecule has 0 amide bonds. The summed E-state index contributed by atoms with van der Waals surface area (Å²) < 4.78 is 44.3. The summed E-state index contributed by atoms with van der Waals surface area (Å²) in [5, 5.41) is 13.4. The molecule has 1 aliphatic rings. The van der Waals surface area contributed by atoms with Crippen LogP contribution in [0.3, 0.4) is 0 Å². The predicted molar refractivity (Wildman–Crippen MR) is 74.0 cm³/mol. The van der Waals surface area contributed by atoms with E-state index in [1.54, 1.807) is 5.38 Å². The summed E-state index contributed by atoms with van der Waals surface area (Å²) in [6.07, 6.45) is -0.118. The van der Waals surface area contributed by atoms with Gasteiger partial charge < -0.3 is 19.1 Å². The van der Waals surface area contributed by atoms with E-state index in [1.807, 2.05) is 5.38 Å². The molecule has 9 heteroatoms. The van der Waals surface area contributed by atoms with Crippen LogP contribution in [-0.4, -0.2) is 30.8 Å². The Kier molecular flexibility index (Phi) is 5.94. The number of fused-ring (bicyclic) bond motifs is 1. The van der Waals surface area contributed by atoms with E-state index in [2.05, 4.69) is 0 Å². The van der Waals surface area contributed by atoms with Gasteiger partial charge in [-0.2, -0.15) is 0 Å². The molecule has 0 aliphatic carbocycles. The van der Waals surface area contributed by atoms with Crippen LogP contribution in [0.4, 0.5) is 0 Å². The van der Waals surface area contributed by atoms with Crippen molar-refractivity contribution in [2.45, 2.75) is 17.4 Å². The molecule has 6 nitrogen and oxygen atoms in total. The molecule has 1 aliphatic heterocycles. The van der Waals surface area contributed by atoms with Gasteiger partial charge in [-0.15, -0.1) is 11.3 Å². The third-order valence-electron chi connectivity index (χ3n) is 3.10. The summed E-state index contributed by atoms with van der Waals surface area (Å²) in [4.78, 5) is -0.372. The second kappa shape index (κ2) is 7.18. The van der Waals surface area contributed by atoms with Crippen molar-refractivity contribution in [3.8, 4) is 17.2 Å². The van der Waals surface area contributed by atoms with Crippen LogP contribution >= 0.6 is 11.3 Å². The Hall–Kier alpha value is -0.134. The van der Waals surface area contributed by atoms with E-state index in [-0.39, 0.29) is 81.2 Å². The number of phenols is 1. The van der Waals surface area contributed by atoms with Crippen LogP contribution in [0.15, 0.2) is 33.9 Å². The minimum absolute atomic E-state index is 0. The van der Waals surface area contributed by atoms with Gasteiger partial charge in [-0.3, -0.25) is 0 Å². The van der Waals surface area contributed by atoms with E-state index in [1.165, 1.54) is 23.5 Å². The average Bonchev–Trinajstić information content (AvgIpc) is 2.87. The molecule has 1 atom stereocenters. The zero-order chi connectivity index (χ0) is 15.0. The second-order valence-electron chi connectivity index (χ2n) is 4.60. The molecule has 0 spiro atoms. The number of ether oxygens (including phenoxy) is 2. The van der Waals surface area contributed by atoms with Gasteiger partial charge in [-0.05, 0) is 23.8 Å². The quantitative estimate of drug-likeness (QED) is 0.538. The van der Waals surface area contributed by atoms with Gasteiger partial charge >= 0.3 is 51.4 Å². The number of hydrogen-bond acceptors (Lipinski definition) is 7. The topological polar surface area (TPSA) is 95.9 Å². The largest absolute Gasteiger partial charge is 1.00 e. The number of phenolic OH excluding ortho intramolecular Hbond substituents is 1. The van der Waals surface area contributed by atoms with Gasteiger partial charge in [0.25, 0.3) is 0 Å². The Morgan fingerprint density at radius 2 is 2.05 bits per heavy atom. The molecule has 0 radical (unpaired) electrons. The third-order valence-corrected chi connectivity index (χ3v) is 4.63. The summed E-state index contributed by atoms with van der Waals surface area (Å²) in [7, 11) is -4.55. The molecule has 22 heavy (non-hydrogen) atoms. The van der Waals surface area contributed by atoms with Crippen molar-refractivity contribution in [1.29, 1.82) is 0 Å². The van der Waals surface area contributed by atoms with Crippen molar-refractivity contribution < 1.29 is 78.9 Å². The summed E-state index contributed by atoms with van der Waals surface area (Å²) in [5.74, 6) is 1.22. The molecular formula is C13H11KO6S2. The van der Waals surface area contributed by atoms with Crippen LogP contribution in [0.1, 0.15) is 5.56 Å². The number of hydrogen-bond donors (Lipinski definition) is 1. The van der Waals surface area contributed by atoms with Gasteiger partial charge in [0.1, 0.15) is 28.6 Å². The fourth-order valence-electron chi connectivity index (χ4n) is 2.09. The SMILES string of the molecule is O=S(=O)([O-])c1ccc(O)c(CC2COc3cscc3O2)c1.[K+]. The van der Waals surface area contributed by atoms with Crippen molar-refractivity contribution in [2.24, 2.45) is 0 Å². The van der Waals surface area contributed by atoms with Crippen LogP contribution in [0, 0.1) is 0 Å². The van der Waals surface area contributed by atoms with Gasteiger partial charge in [0.2, 0.25) is 0 Å². The minimum atomic E-state index is -4.55. The van der Waals surface area contributed by atoms with Gasteiger partial charge in [0, 0.05) is 17.2 Å². The fourth-order valence-corrected chi connectivity index (χ4v) is 3.28.